The van der Waals surface area contributed by atoms with Gasteiger partial charge in [0, 0.05) is 31.2 Å². The number of nitrogens with zero attached hydrogens (tertiary/aromatic N) is 1. The molecule has 0 spiro atoms. The van der Waals surface area contributed by atoms with Crippen molar-refractivity contribution in [2.24, 2.45) is 0 Å². The van der Waals surface area contributed by atoms with Gasteiger partial charge in [0.2, 0.25) is 0 Å². The van der Waals surface area contributed by atoms with Crippen LogP contribution in [0.15, 0.2) is 0 Å². The van der Waals surface area contributed by atoms with Crippen LogP contribution in [0, 0.1) is 0 Å². The molecule has 1 aliphatic heterocycles. The predicted octanol–water partition coefficient (Wildman–Crippen LogP) is 3.47. The highest BCUT2D eigenvalue weighted by molar-refractivity contribution is 4.97. The van der Waals surface area contributed by atoms with Gasteiger partial charge in [-0.05, 0) is 38.5 Å². The molecular weight excluding hydrogens is 272 g/mol. The summed E-state index contributed by atoms with van der Waals surface area (Å²) in [5.41, 5.74) is 0. The van der Waals surface area contributed by atoms with E-state index in [1.165, 1.54) is 90.1 Å². The van der Waals surface area contributed by atoms with Gasteiger partial charge in [0.15, 0.2) is 0 Å². The van der Waals surface area contributed by atoms with Crippen LogP contribution < -0.4 is 5.32 Å². The zero-order valence-electron chi connectivity index (χ0n) is 14.1. The molecule has 4 aliphatic rings. The van der Waals surface area contributed by atoms with Crippen LogP contribution in [-0.2, 0) is 4.74 Å². The summed E-state index contributed by atoms with van der Waals surface area (Å²) in [5, 5.41) is 3.80. The summed E-state index contributed by atoms with van der Waals surface area (Å²) in [4.78, 5) is 2.89. The molecular formula is C19H34N2O. The molecule has 4 fully saturated rings. The third-order valence-electron chi connectivity index (χ3n) is 6.70. The first-order valence-electron chi connectivity index (χ1n) is 10.1. The molecule has 4 atom stereocenters. The molecule has 3 aliphatic carbocycles. The first-order chi connectivity index (χ1) is 10.9. The zero-order chi connectivity index (χ0) is 14.8. The summed E-state index contributed by atoms with van der Waals surface area (Å²) in [6.45, 7) is 2.43. The van der Waals surface area contributed by atoms with Gasteiger partial charge in [-0.25, -0.2) is 0 Å². The summed E-state index contributed by atoms with van der Waals surface area (Å²) in [6, 6.07) is 2.26. The van der Waals surface area contributed by atoms with Crippen molar-refractivity contribution < 1.29 is 4.74 Å². The average Bonchev–Trinajstić information content (AvgIpc) is 3.08. The third-order valence-corrected chi connectivity index (χ3v) is 6.70. The Morgan fingerprint density at radius 1 is 0.727 bits per heavy atom. The van der Waals surface area contributed by atoms with E-state index in [4.69, 9.17) is 4.74 Å². The lowest BCUT2D eigenvalue weighted by Crippen LogP contribution is -2.64. The average molecular weight is 306 g/mol. The monoisotopic (exact) mass is 306 g/mol. The van der Waals surface area contributed by atoms with Gasteiger partial charge in [0.25, 0.3) is 0 Å². The first-order valence-corrected chi connectivity index (χ1v) is 10.1. The number of rotatable bonds is 3. The molecule has 1 saturated heterocycles. The molecule has 1 N–H and O–H groups in total. The van der Waals surface area contributed by atoms with Crippen LogP contribution in [-0.4, -0.2) is 48.3 Å². The minimum Gasteiger partial charge on any atom is -0.373 e. The molecule has 4 rings (SSSR count). The summed E-state index contributed by atoms with van der Waals surface area (Å²) < 4.78 is 6.64. The van der Waals surface area contributed by atoms with Gasteiger partial charge in [0.05, 0.1) is 12.2 Å². The van der Waals surface area contributed by atoms with E-state index in [9.17, 15) is 0 Å². The standard InChI is InChI=1S/C19H34N2O/c1-2-8-15(7-1)22-19-12-6-5-11-18(19)21-14-13-20-16-9-3-4-10-17(16)21/h15-20H,1-14H2/t16-,17-,18-,19+/m0/s1. The Bertz CT molecular complexity index is 353. The first kappa shape index (κ1) is 15.4. The van der Waals surface area contributed by atoms with Gasteiger partial charge < -0.3 is 10.1 Å². The maximum Gasteiger partial charge on any atom is 0.0734 e. The molecule has 0 radical (unpaired) electrons. The van der Waals surface area contributed by atoms with Gasteiger partial charge in [-0.1, -0.05) is 38.5 Å². The van der Waals surface area contributed by atoms with Crippen LogP contribution in [0.5, 0.6) is 0 Å². The van der Waals surface area contributed by atoms with Crippen molar-refractivity contribution in [3.05, 3.63) is 0 Å². The van der Waals surface area contributed by atoms with E-state index in [2.05, 4.69) is 10.2 Å². The molecule has 3 nitrogen and oxygen atoms in total. The van der Waals surface area contributed by atoms with Crippen LogP contribution in [0.4, 0.5) is 0 Å². The molecule has 22 heavy (non-hydrogen) atoms. The lowest BCUT2D eigenvalue weighted by molar-refractivity contribution is -0.0931. The molecule has 0 aromatic rings. The Balaban J connectivity index is 1.45. The quantitative estimate of drug-likeness (QED) is 0.864. The fourth-order valence-corrected chi connectivity index (χ4v) is 5.59. The number of hydrogen-bond donors (Lipinski definition) is 1. The molecule has 3 heteroatoms. The van der Waals surface area contributed by atoms with E-state index >= 15 is 0 Å². The Hall–Kier alpha value is -0.120. The van der Waals surface area contributed by atoms with Gasteiger partial charge in [0.1, 0.15) is 0 Å². The fourth-order valence-electron chi connectivity index (χ4n) is 5.59. The van der Waals surface area contributed by atoms with Crippen molar-refractivity contribution in [3.63, 3.8) is 0 Å². The zero-order valence-corrected chi connectivity index (χ0v) is 14.1. The van der Waals surface area contributed by atoms with E-state index in [1.807, 2.05) is 0 Å². The summed E-state index contributed by atoms with van der Waals surface area (Å²) in [5.74, 6) is 0. The van der Waals surface area contributed by atoms with E-state index in [0.717, 1.165) is 12.1 Å². The van der Waals surface area contributed by atoms with Crippen molar-refractivity contribution in [3.8, 4) is 0 Å². The lowest BCUT2D eigenvalue weighted by Gasteiger charge is -2.51. The SMILES string of the molecule is C1CCC(O[C@@H]2CCCC[C@@H]2N2CCN[C@H]3CCCC[C@@H]32)C1. The maximum absolute atomic E-state index is 6.64. The van der Waals surface area contributed by atoms with E-state index < -0.39 is 0 Å². The van der Waals surface area contributed by atoms with Crippen LogP contribution in [0.1, 0.15) is 77.0 Å². The third kappa shape index (κ3) is 3.22. The van der Waals surface area contributed by atoms with E-state index in [1.54, 1.807) is 0 Å². The molecule has 0 amide bonds. The number of piperazine rings is 1. The summed E-state index contributed by atoms with van der Waals surface area (Å²) in [7, 11) is 0. The highest BCUT2D eigenvalue weighted by Crippen LogP contribution is 2.35. The highest BCUT2D eigenvalue weighted by Gasteiger charge is 2.41. The van der Waals surface area contributed by atoms with Crippen LogP contribution in [0.3, 0.4) is 0 Å². The lowest BCUT2D eigenvalue weighted by atomic mass is 9.83. The molecule has 126 valence electrons. The van der Waals surface area contributed by atoms with Crippen molar-refractivity contribution >= 4 is 0 Å². The number of ether oxygens (including phenoxy) is 1. The predicted molar refractivity (Wildman–Crippen MR) is 90.1 cm³/mol. The van der Waals surface area contributed by atoms with Gasteiger partial charge >= 0.3 is 0 Å². The Morgan fingerprint density at radius 3 is 2.27 bits per heavy atom. The minimum absolute atomic E-state index is 0.525. The van der Waals surface area contributed by atoms with E-state index in [-0.39, 0.29) is 0 Å². The molecule has 0 bridgehead atoms. The second-order valence-electron chi connectivity index (χ2n) is 8.08. The van der Waals surface area contributed by atoms with Gasteiger partial charge in [-0.15, -0.1) is 0 Å². The molecule has 3 saturated carbocycles. The summed E-state index contributed by atoms with van der Waals surface area (Å²) >= 11 is 0. The Labute approximate surface area is 136 Å². The maximum atomic E-state index is 6.64. The van der Waals surface area contributed by atoms with Crippen LogP contribution >= 0.6 is 0 Å². The Kier molecular flexibility index (Phi) is 5.04. The Morgan fingerprint density at radius 2 is 1.41 bits per heavy atom. The van der Waals surface area contributed by atoms with Gasteiger partial charge in [-0.2, -0.15) is 0 Å². The van der Waals surface area contributed by atoms with Crippen molar-refractivity contribution in [2.75, 3.05) is 13.1 Å². The van der Waals surface area contributed by atoms with Crippen molar-refractivity contribution in [1.29, 1.82) is 0 Å². The number of fused-ring (bicyclic) bond motifs is 1. The normalized spacial score (nSPS) is 41.5. The van der Waals surface area contributed by atoms with E-state index in [0.29, 0.717) is 18.2 Å². The van der Waals surface area contributed by atoms with Crippen LogP contribution in [0.2, 0.25) is 0 Å². The van der Waals surface area contributed by atoms with Crippen LogP contribution in [0.25, 0.3) is 0 Å². The topological polar surface area (TPSA) is 24.5 Å². The van der Waals surface area contributed by atoms with Gasteiger partial charge in [-0.3, -0.25) is 4.90 Å². The number of hydrogen-bond acceptors (Lipinski definition) is 3. The highest BCUT2D eigenvalue weighted by atomic mass is 16.5. The largest absolute Gasteiger partial charge is 0.373 e. The number of nitrogens with one attached hydrogen (secondary N) is 1. The van der Waals surface area contributed by atoms with Crippen molar-refractivity contribution in [2.45, 2.75) is 107 Å². The second kappa shape index (κ2) is 7.19. The minimum atomic E-state index is 0.525. The van der Waals surface area contributed by atoms with Crippen molar-refractivity contribution in [1.82, 2.24) is 10.2 Å². The molecule has 1 heterocycles. The molecule has 0 aromatic heterocycles. The summed E-state index contributed by atoms with van der Waals surface area (Å²) in [6.07, 6.45) is 17.6. The second-order valence-corrected chi connectivity index (χ2v) is 8.08. The molecule has 0 unspecified atom stereocenters. The smallest absolute Gasteiger partial charge is 0.0734 e. The molecule has 0 aromatic carbocycles. The fraction of sp³-hybridized carbons (Fsp3) is 1.00.